The molecule has 2 N–H and O–H groups in total. The van der Waals surface area contributed by atoms with E-state index in [2.05, 4.69) is 10.3 Å². The number of fused-ring (bicyclic) bond motifs is 2. The zero-order chi connectivity index (χ0) is 25.8. The third kappa shape index (κ3) is 5.33. The van der Waals surface area contributed by atoms with Crippen molar-refractivity contribution in [3.63, 3.8) is 0 Å². The Balaban J connectivity index is 1.31. The van der Waals surface area contributed by atoms with Crippen LogP contribution in [0.4, 0.5) is 11.5 Å². The number of rotatable bonds is 7. The number of para-hydroxylation sites is 1. The normalized spacial score (nSPS) is 17.5. The second-order valence-electron chi connectivity index (χ2n) is 9.61. The van der Waals surface area contributed by atoms with Crippen molar-refractivity contribution < 1.29 is 19.5 Å². The van der Waals surface area contributed by atoms with Crippen molar-refractivity contribution in [2.75, 3.05) is 36.4 Å². The number of carbonyl (C=O) groups excluding carboxylic acids is 2. The number of nitrogens with one attached hydrogen (secondary N) is 1. The van der Waals surface area contributed by atoms with Gasteiger partial charge >= 0.3 is 5.97 Å². The third-order valence-electron chi connectivity index (χ3n) is 7.29. The number of aliphatic carboxylic acids is 1. The van der Waals surface area contributed by atoms with Gasteiger partial charge in [-0.2, -0.15) is 0 Å². The van der Waals surface area contributed by atoms with Gasteiger partial charge in [-0.05, 0) is 54.2 Å². The van der Waals surface area contributed by atoms with Gasteiger partial charge in [-0.15, -0.1) is 0 Å². The van der Waals surface area contributed by atoms with Gasteiger partial charge < -0.3 is 15.3 Å². The molecule has 1 aromatic heterocycles. The number of carboxylic acids is 1. The van der Waals surface area contributed by atoms with Crippen molar-refractivity contribution in [2.24, 2.45) is 5.92 Å². The minimum Gasteiger partial charge on any atom is -0.481 e. The van der Waals surface area contributed by atoms with E-state index in [9.17, 15) is 19.5 Å². The highest BCUT2D eigenvalue weighted by Crippen LogP contribution is 2.40. The number of hydrogen-bond acceptors (Lipinski definition) is 5. The summed E-state index contributed by atoms with van der Waals surface area (Å²) in [6.45, 7) is 1.99. The van der Waals surface area contributed by atoms with Gasteiger partial charge in [0.1, 0.15) is 12.4 Å². The number of amides is 2. The molecule has 3 heterocycles. The van der Waals surface area contributed by atoms with Gasteiger partial charge in [-0.25, -0.2) is 4.98 Å². The summed E-state index contributed by atoms with van der Waals surface area (Å²) in [5, 5.41) is 13.0. The van der Waals surface area contributed by atoms with Crippen molar-refractivity contribution in [3.05, 3.63) is 89.6 Å². The maximum atomic E-state index is 13.7. The summed E-state index contributed by atoms with van der Waals surface area (Å²) >= 11 is 0. The number of aromatic nitrogens is 1. The fraction of sp³-hybridized carbons (Fsp3) is 0.310. The van der Waals surface area contributed by atoms with Crippen LogP contribution in [0.25, 0.3) is 0 Å². The molecule has 2 aliphatic rings. The van der Waals surface area contributed by atoms with Crippen LogP contribution < -0.4 is 10.2 Å². The molecule has 0 radical (unpaired) electrons. The number of benzene rings is 2. The number of anilines is 2. The number of piperidine rings is 1. The first-order chi connectivity index (χ1) is 18.0. The zero-order valence-electron chi connectivity index (χ0n) is 20.5. The van der Waals surface area contributed by atoms with Crippen LogP contribution in [-0.2, 0) is 9.59 Å². The molecule has 190 valence electrons. The van der Waals surface area contributed by atoms with E-state index in [1.165, 1.54) is 4.90 Å². The minimum atomic E-state index is -0.938. The molecule has 1 unspecified atom stereocenters. The van der Waals surface area contributed by atoms with Crippen molar-refractivity contribution in [2.45, 2.75) is 25.2 Å². The Morgan fingerprint density at radius 3 is 2.38 bits per heavy atom. The summed E-state index contributed by atoms with van der Waals surface area (Å²) in [6.07, 6.45) is 3.37. The molecule has 8 heteroatoms. The fourth-order valence-corrected chi connectivity index (χ4v) is 5.34. The molecular weight excluding hydrogens is 468 g/mol. The highest BCUT2D eigenvalue weighted by molar-refractivity contribution is 6.11. The molecule has 0 saturated carbocycles. The molecule has 0 bridgehead atoms. The Morgan fingerprint density at radius 2 is 1.65 bits per heavy atom. The Bertz CT molecular complexity index is 1290. The maximum Gasteiger partial charge on any atom is 0.304 e. The summed E-state index contributed by atoms with van der Waals surface area (Å²) in [5.74, 6) is -0.508. The average molecular weight is 499 g/mol. The molecule has 1 fully saturated rings. The summed E-state index contributed by atoms with van der Waals surface area (Å²) in [4.78, 5) is 46.5. The molecular formula is C29H30N4O4. The van der Waals surface area contributed by atoms with E-state index >= 15 is 0 Å². The van der Waals surface area contributed by atoms with Gasteiger partial charge in [-0.3, -0.25) is 19.3 Å². The lowest BCUT2D eigenvalue weighted by Gasteiger charge is -2.34. The van der Waals surface area contributed by atoms with E-state index in [0.717, 1.165) is 30.8 Å². The lowest BCUT2D eigenvalue weighted by Crippen LogP contribution is -2.46. The van der Waals surface area contributed by atoms with Crippen molar-refractivity contribution >= 4 is 29.3 Å². The molecule has 1 atom stereocenters. The van der Waals surface area contributed by atoms with Crippen molar-refractivity contribution in [3.8, 4) is 0 Å². The number of nitrogens with zero attached hydrogens (tertiary/aromatic N) is 3. The number of likely N-dealkylation sites (tertiary alicyclic amines) is 1. The molecule has 1 saturated heterocycles. The van der Waals surface area contributed by atoms with Crippen LogP contribution in [-0.4, -0.2) is 59.0 Å². The van der Waals surface area contributed by atoms with Gasteiger partial charge in [0.2, 0.25) is 5.91 Å². The van der Waals surface area contributed by atoms with Gasteiger partial charge in [0.15, 0.2) is 0 Å². The summed E-state index contributed by atoms with van der Waals surface area (Å²) < 4.78 is 0. The summed E-state index contributed by atoms with van der Waals surface area (Å²) in [5.41, 5.74) is 2.46. The SMILES string of the molecule is O=C(O)CC1c2ccccc2C(=O)N(CC(=O)N2CCC(CNc3ccccn3)CC2)c2ccccc21. The van der Waals surface area contributed by atoms with Crippen LogP contribution in [0.1, 0.15) is 46.7 Å². The predicted octanol–water partition coefficient (Wildman–Crippen LogP) is 4.00. The Kier molecular flexibility index (Phi) is 7.16. The van der Waals surface area contributed by atoms with Gasteiger partial charge in [0.25, 0.3) is 5.91 Å². The predicted molar refractivity (Wildman–Crippen MR) is 141 cm³/mol. The number of hydrogen-bond donors (Lipinski definition) is 2. The number of pyridine rings is 1. The largest absolute Gasteiger partial charge is 0.481 e. The van der Waals surface area contributed by atoms with E-state index in [-0.39, 0.29) is 24.8 Å². The first kappa shape index (κ1) is 24.5. The van der Waals surface area contributed by atoms with E-state index in [0.29, 0.717) is 35.8 Å². The Labute approximate surface area is 215 Å². The second-order valence-corrected chi connectivity index (χ2v) is 9.61. The van der Waals surface area contributed by atoms with E-state index in [1.54, 1.807) is 24.4 Å². The molecule has 2 aromatic carbocycles. The summed E-state index contributed by atoms with van der Waals surface area (Å²) in [7, 11) is 0. The molecule has 3 aromatic rings. The zero-order valence-corrected chi connectivity index (χ0v) is 20.5. The maximum absolute atomic E-state index is 13.7. The van der Waals surface area contributed by atoms with Gasteiger partial charge in [0, 0.05) is 43.0 Å². The topological polar surface area (TPSA) is 103 Å². The van der Waals surface area contributed by atoms with Crippen LogP contribution in [0.5, 0.6) is 0 Å². The van der Waals surface area contributed by atoms with Crippen LogP contribution >= 0.6 is 0 Å². The molecule has 2 aliphatic heterocycles. The standard InChI is InChI=1S/C29H30N4O4/c34-27(32-15-12-20(13-16-32)18-31-26-11-5-6-14-30-26)19-33-25-10-4-3-8-22(25)24(17-28(35)36)21-7-1-2-9-23(21)29(33)37/h1-11,14,20,24H,12-13,15-19H2,(H,30,31)(H,35,36). The molecule has 0 spiro atoms. The van der Waals surface area contributed by atoms with Crippen LogP contribution in [0, 0.1) is 5.92 Å². The Hall–Kier alpha value is -4.20. The third-order valence-corrected chi connectivity index (χ3v) is 7.29. The fourth-order valence-electron chi connectivity index (χ4n) is 5.34. The highest BCUT2D eigenvalue weighted by atomic mass is 16.4. The van der Waals surface area contributed by atoms with Gasteiger partial charge in [0.05, 0.1) is 6.42 Å². The van der Waals surface area contributed by atoms with Crippen molar-refractivity contribution in [1.82, 2.24) is 9.88 Å². The lowest BCUT2D eigenvalue weighted by molar-refractivity contribution is -0.137. The van der Waals surface area contributed by atoms with Gasteiger partial charge in [-0.1, -0.05) is 42.5 Å². The first-order valence-corrected chi connectivity index (χ1v) is 12.7. The minimum absolute atomic E-state index is 0.0825. The second kappa shape index (κ2) is 10.8. The van der Waals surface area contributed by atoms with E-state index in [4.69, 9.17) is 0 Å². The first-order valence-electron chi connectivity index (χ1n) is 12.7. The number of carbonyl (C=O) groups is 3. The Morgan fingerprint density at radius 1 is 0.946 bits per heavy atom. The summed E-state index contributed by atoms with van der Waals surface area (Å²) in [6, 6.07) is 20.2. The van der Waals surface area contributed by atoms with Crippen molar-refractivity contribution in [1.29, 1.82) is 0 Å². The molecule has 2 amide bonds. The van der Waals surface area contributed by atoms with Crippen LogP contribution in [0.15, 0.2) is 72.9 Å². The lowest BCUT2D eigenvalue weighted by atomic mass is 9.86. The van der Waals surface area contributed by atoms with Crippen LogP contribution in [0.3, 0.4) is 0 Å². The smallest absolute Gasteiger partial charge is 0.304 e. The monoisotopic (exact) mass is 498 g/mol. The number of carboxylic acid groups (broad SMARTS) is 1. The average Bonchev–Trinajstić information content (AvgIpc) is 3.02. The van der Waals surface area contributed by atoms with Crippen LogP contribution in [0.2, 0.25) is 0 Å². The highest BCUT2D eigenvalue weighted by Gasteiger charge is 2.35. The molecule has 8 nitrogen and oxygen atoms in total. The van der Waals surface area contributed by atoms with E-state index < -0.39 is 11.9 Å². The quantitative estimate of drug-likeness (QED) is 0.511. The molecule has 37 heavy (non-hydrogen) atoms. The molecule has 0 aliphatic carbocycles. The van der Waals surface area contributed by atoms with E-state index in [1.807, 2.05) is 53.4 Å². The molecule has 5 rings (SSSR count).